The zero-order chi connectivity index (χ0) is 22.0. The highest BCUT2D eigenvalue weighted by Gasteiger charge is 2.54. The van der Waals surface area contributed by atoms with Gasteiger partial charge >= 0.3 is 0 Å². The second kappa shape index (κ2) is 8.87. The highest BCUT2D eigenvalue weighted by molar-refractivity contribution is 7.91. The van der Waals surface area contributed by atoms with Gasteiger partial charge < -0.3 is 4.74 Å². The fraction of sp³-hybridized carbons (Fsp3) is 0.440. The van der Waals surface area contributed by atoms with E-state index in [9.17, 15) is 8.42 Å². The summed E-state index contributed by atoms with van der Waals surface area (Å²) in [5.41, 5.74) is -0.204. The Morgan fingerprint density at radius 2 is 1.74 bits per heavy atom. The van der Waals surface area contributed by atoms with Gasteiger partial charge in [-0.3, -0.25) is 0 Å². The molecule has 0 aromatic heterocycles. The standard InChI is InChI=1S/C25H30O5S/c1-24(28-17-9-12-20-10-5-3-6-11-20)16-15-21-18-23(24)29-30-25(21,2)19-31(26,27)22-13-7-4-8-14-22/h3-14,21,23H,15-19H2,1-2H3/b12-9+/t21-,23-,24-,25-/m1/s1. The summed E-state index contributed by atoms with van der Waals surface area (Å²) in [5.74, 6) is -0.0000267. The number of rotatable bonds is 7. The van der Waals surface area contributed by atoms with Crippen molar-refractivity contribution in [1.82, 2.24) is 0 Å². The molecule has 0 radical (unpaired) electrons. The molecule has 6 heteroatoms. The molecule has 2 fully saturated rings. The first kappa shape index (κ1) is 22.2. The average Bonchev–Trinajstić information content (AvgIpc) is 2.77. The van der Waals surface area contributed by atoms with E-state index in [2.05, 4.69) is 6.92 Å². The van der Waals surface area contributed by atoms with Crippen molar-refractivity contribution in [1.29, 1.82) is 0 Å². The van der Waals surface area contributed by atoms with Crippen LogP contribution >= 0.6 is 0 Å². The summed E-state index contributed by atoms with van der Waals surface area (Å²) in [6.07, 6.45) is 6.18. The van der Waals surface area contributed by atoms with Crippen LogP contribution in [0.25, 0.3) is 6.08 Å². The highest BCUT2D eigenvalue weighted by Crippen LogP contribution is 2.47. The fourth-order valence-corrected chi connectivity index (χ4v) is 6.34. The number of hydrogen-bond donors (Lipinski definition) is 0. The first-order chi connectivity index (χ1) is 14.8. The molecule has 31 heavy (non-hydrogen) atoms. The third kappa shape index (κ3) is 4.93. The van der Waals surface area contributed by atoms with Gasteiger partial charge in [0.15, 0.2) is 9.84 Å². The van der Waals surface area contributed by atoms with Gasteiger partial charge in [0.1, 0.15) is 11.7 Å². The number of hydrogen-bond acceptors (Lipinski definition) is 5. The number of benzene rings is 2. The Balaban J connectivity index is 1.37. The van der Waals surface area contributed by atoms with Gasteiger partial charge in [0.2, 0.25) is 0 Å². The summed E-state index contributed by atoms with van der Waals surface area (Å²) in [6.45, 7) is 4.38. The number of ether oxygens (including phenoxy) is 1. The van der Waals surface area contributed by atoms with Crippen molar-refractivity contribution < 1.29 is 22.9 Å². The molecule has 2 aliphatic rings. The maximum absolute atomic E-state index is 12.9. The van der Waals surface area contributed by atoms with Crippen LogP contribution in [0.1, 0.15) is 38.7 Å². The zero-order valence-electron chi connectivity index (χ0n) is 18.1. The molecule has 1 aliphatic carbocycles. The second-order valence-electron chi connectivity index (χ2n) is 8.96. The molecule has 1 heterocycles. The van der Waals surface area contributed by atoms with E-state index in [0.717, 1.165) is 24.8 Å². The molecule has 0 N–H and O–H groups in total. The lowest BCUT2D eigenvalue weighted by atomic mass is 9.71. The maximum atomic E-state index is 12.9. The van der Waals surface area contributed by atoms with Gasteiger partial charge in [-0.2, -0.15) is 0 Å². The van der Waals surface area contributed by atoms with Gasteiger partial charge in [-0.05, 0) is 56.7 Å². The minimum absolute atomic E-state index is 0.0984. The SMILES string of the molecule is C[C@]1(CS(=O)(=O)c2ccccc2)OO[C@@H]2C[C@H]1CC[C@@]2(C)OC/C=C/c1ccccc1. The Morgan fingerprint density at radius 1 is 1.06 bits per heavy atom. The highest BCUT2D eigenvalue weighted by atomic mass is 32.2. The summed E-state index contributed by atoms with van der Waals surface area (Å²) in [7, 11) is -3.47. The van der Waals surface area contributed by atoms with Crippen LogP contribution in [0.15, 0.2) is 71.6 Å². The van der Waals surface area contributed by atoms with Crippen LogP contribution in [0.5, 0.6) is 0 Å². The lowest BCUT2D eigenvalue weighted by Gasteiger charge is -2.52. The van der Waals surface area contributed by atoms with Crippen molar-refractivity contribution in [2.45, 2.75) is 55.3 Å². The normalized spacial score (nSPS) is 31.0. The third-order valence-electron chi connectivity index (χ3n) is 6.59. The monoisotopic (exact) mass is 442 g/mol. The maximum Gasteiger partial charge on any atom is 0.181 e. The molecule has 1 aliphatic heterocycles. The van der Waals surface area contributed by atoms with E-state index in [-0.39, 0.29) is 17.8 Å². The van der Waals surface area contributed by atoms with Crippen LogP contribution in [0.3, 0.4) is 0 Å². The molecular formula is C25H30O5S. The van der Waals surface area contributed by atoms with Gasteiger partial charge in [0, 0.05) is 0 Å². The van der Waals surface area contributed by atoms with Gasteiger partial charge in [-0.25, -0.2) is 18.2 Å². The molecule has 4 rings (SSSR count). The lowest BCUT2D eigenvalue weighted by Crippen LogP contribution is -2.59. The molecule has 166 valence electrons. The van der Waals surface area contributed by atoms with Gasteiger partial charge in [0.05, 0.1) is 22.9 Å². The van der Waals surface area contributed by atoms with Crippen molar-refractivity contribution in [3.05, 3.63) is 72.3 Å². The number of fused-ring (bicyclic) bond motifs is 2. The van der Waals surface area contributed by atoms with Crippen LogP contribution in [-0.4, -0.2) is 38.1 Å². The molecule has 0 spiro atoms. The molecule has 2 aromatic carbocycles. The Labute approximate surface area is 184 Å². The van der Waals surface area contributed by atoms with E-state index >= 15 is 0 Å². The molecular weight excluding hydrogens is 412 g/mol. The van der Waals surface area contributed by atoms with Crippen molar-refractivity contribution in [3.8, 4) is 0 Å². The molecule has 1 saturated heterocycles. The topological polar surface area (TPSA) is 61.8 Å². The summed E-state index contributed by atoms with van der Waals surface area (Å²) < 4.78 is 32.0. The van der Waals surface area contributed by atoms with Gasteiger partial charge in [-0.1, -0.05) is 60.7 Å². The Kier molecular flexibility index (Phi) is 6.35. The van der Waals surface area contributed by atoms with Crippen molar-refractivity contribution in [2.24, 2.45) is 5.92 Å². The molecule has 2 aromatic rings. The second-order valence-corrected chi connectivity index (χ2v) is 11.0. The minimum Gasteiger partial charge on any atom is -0.368 e. The first-order valence-corrected chi connectivity index (χ1v) is 12.4. The summed E-state index contributed by atoms with van der Waals surface area (Å²) in [4.78, 5) is 11.9. The van der Waals surface area contributed by atoms with E-state index in [1.807, 2.05) is 55.5 Å². The van der Waals surface area contributed by atoms with Crippen molar-refractivity contribution in [2.75, 3.05) is 12.4 Å². The van der Waals surface area contributed by atoms with Crippen molar-refractivity contribution in [3.63, 3.8) is 0 Å². The first-order valence-electron chi connectivity index (χ1n) is 10.8. The van der Waals surface area contributed by atoms with Crippen LogP contribution in [0.2, 0.25) is 0 Å². The Bertz CT molecular complexity index is 1000. The van der Waals surface area contributed by atoms with Crippen LogP contribution in [0, 0.1) is 5.92 Å². The summed E-state index contributed by atoms with van der Waals surface area (Å²) in [5, 5.41) is 0. The van der Waals surface area contributed by atoms with E-state index in [1.165, 1.54) is 0 Å². The predicted octanol–water partition coefficient (Wildman–Crippen LogP) is 4.84. The molecule has 0 unspecified atom stereocenters. The molecule has 0 amide bonds. The largest absolute Gasteiger partial charge is 0.368 e. The van der Waals surface area contributed by atoms with Crippen LogP contribution in [0.4, 0.5) is 0 Å². The Morgan fingerprint density at radius 3 is 2.45 bits per heavy atom. The summed E-state index contributed by atoms with van der Waals surface area (Å²) in [6, 6.07) is 18.6. The summed E-state index contributed by atoms with van der Waals surface area (Å²) >= 11 is 0. The van der Waals surface area contributed by atoms with E-state index < -0.39 is 21.0 Å². The third-order valence-corrected chi connectivity index (χ3v) is 8.53. The lowest BCUT2D eigenvalue weighted by molar-refractivity contribution is -0.443. The zero-order valence-corrected chi connectivity index (χ0v) is 18.9. The van der Waals surface area contributed by atoms with E-state index in [4.69, 9.17) is 14.5 Å². The Hall–Kier alpha value is -1.99. The minimum atomic E-state index is -3.47. The number of sulfone groups is 1. The molecule has 5 nitrogen and oxygen atoms in total. The quantitative estimate of drug-likeness (QED) is 0.574. The predicted molar refractivity (Wildman–Crippen MR) is 120 cm³/mol. The van der Waals surface area contributed by atoms with Crippen molar-refractivity contribution >= 4 is 15.9 Å². The van der Waals surface area contributed by atoms with E-state index in [0.29, 0.717) is 11.5 Å². The molecule has 2 bridgehead atoms. The molecule has 1 saturated carbocycles. The van der Waals surface area contributed by atoms with Crippen LogP contribution in [-0.2, 0) is 24.3 Å². The van der Waals surface area contributed by atoms with Gasteiger partial charge in [-0.15, -0.1) is 0 Å². The fourth-order valence-electron chi connectivity index (χ4n) is 4.56. The van der Waals surface area contributed by atoms with E-state index in [1.54, 1.807) is 24.3 Å². The molecule has 4 atom stereocenters. The average molecular weight is 443 g/mol. The van der Waals surface area contributed by atoms with Gasteiger partial charge in [0.25, 0.3) is 0 Å². The smallest absolute Gasteiger partial charge is 0.181 e. The van der Waals surface area contributed by atoms with Crippen LogP contribution < -0.4 is 0 Å².